The van der Waals surface area contributed by atoms with Gasteiger partial charge in [-0.15, -0.1) is 0 Å². The third kappa shape index (κ3) is 2.57. The highest BCUT2D eigenvalue weighted by Gasteiger charge is 2.16. The molecule has 2 heterocycles. The van der Waals surface area contributed by atoms with Crippen LogP contribution >= 0.6 is 27.5 Å². The Bertz CT molecular complexity index is 610. The van der Waals surface area contributed by atoms with Gasteiger partial charge in [0, 0.05) is 18.0 Å². The molecule has 1 amide bonds. The summed E-state index contributed by atoms with van der Waals surface area (Å²) < 4.78 is 1.75. The molecule has 0 radical (unpaired) electrons. The van der Waals surface area contributed by atoms with E-state index in [1.54, 1.807) is 6.07 Å². The predicted octanol–water partition coefficient (Wildman–Crippen LogP) is 1.53. The highest BCUT2D eigenvalue weighted by molar-refractivity contribution is 9.15. The van der Waals surface area contributed by atoms with Gasteiger partial charge in [-0.05, 0) is 22.0 Å². The first-order chi connectivity index (χ1) is 8.59. The van der Waals surface area contributed by atoms with Crippen molar-refractivity contribution in [3.63, 3.8) is 0 Å². The fourth-order valence-electron chi connectivity index (χ4n) is 1.34. The van der Waals surface area contributed by atoms with Gasteiger partial charge in [0.2, 0.25) is 0 Å². The number of nitrogens with zero attached hydrogens (tertiary/aromatic N) is 4. The van der Waals surface area contributed by atoms with Gasteiger partial charge in [-0.25, -0.2) is 9.67 Å². The zero-order chi connectivity index (χ0) is 13.1. The van der Waals surface area contributed by atoms with Crippen LogP contribution in [0.1, 0.15) is 5.56 Å². The second kappa shape index (κ2) is 5.28. The lowest BCUT2D eigenvalue weighted by atomic mass is 10.1. The monoisotopic (exact) mass is 327 g/mol. The summed E-state index contributed by atoms with van der Waals surface area (Å²) in [7, 11) is 0. The zero-order valence-corrected chi connectivity index (χ0v) is 11.3. The molecule has 6 nitrogen and oxygen atoms in total. The van der Waals surface area contributed by atoms with Crippen LogP contribution in [0.25, 0.3) is 10.2 Å². The molecule has 0 aliphatic heterocycles. The number of carbonyl (C=O) groups excluding carboxylic acids is 1. The number of primary amides is 1. The van der Waals surface area contributed by atoms with E-state index in [1.807, 2.05) is 0 Å². The van der Waals surface area contributed by atoms with Crippen molar-refractivity contribution in [3.8, 4) is 0 Å². The molecular formula is C10H7BrClN5O. The van der Waals surface area contributed by atoms with Crippen molar-refractivity contribution in [2.45, 2.75) is 0 Å². The van der Waals surface area contributed by atoms with Crippen molar-refractivity contribution in [2.24, 2.45) is 5.73 Å². The Morgan fingerprint density at radius 3 is 2.72 bits per heavy atom. The molecular weight excluding hydrogens is 322 g/mol. The van der Waals surface area contributed by atoms with Gasteiger partial charge in [-0.2, -0.15) is 5.10 Å². The first kappa shape index (κ1) is 12.7. The number of nitrogens with two attached hydrogens (primary N) is 1. The SMILES string of the molecule is NC(=O)/C(=C(/Br)n1cncn1)c1cncc(Cl)c1. The molecule has 0 saturated carbocycles. The molecule has 0 saturated heterocycles. The average Bonchev–Trinajstić information content (AvgIpc) is 2.82. The lowest BCUT2D eigenvalue weighted by molar-refractivity contribution is -0.112. The fraction of sp³-hybridized carbons (Fsp3) is 0. The number of pyridine rings is 1. The second-order valence-corrected chi connectivity index (χ2v) is 4.45. The summed E-state index contributed by atoms with van der Waals surface area (Å²) in [5.74, 6) is -0.624. The summed E-state index contributed by atoms with van der Waals surface area (Å²) in [6, 6.07) is 1.59. The van der Waals surface area contributed by atoms with Crippen LogP contribution < -0.4 is 5.73 Å². The number of rotatable bonds is 3. The molecule has 0 spiro atoms. The maximum absolute atomic E-state index is 11.5. The summed E-state index contributed by atoms with van der Waals surface area (Å²) >= 11 is 9.10. The zero-order valence-electron chi connectivity index (χ0n) is 8.92. The first-order valence-electron chi connectivity index (χ1n) is 4.75. The van der Waals surface area contributed by atoms with E-state index in [2.05, 4.69) is 31.0 Å². The number of amides is 1. The van der Waals surface area contributed by atoms with E-state index in [-0.39, 0.29) is 5.57 Å². The molecule has 92 valence electrons. The highest BCUT2D eigenvalue weighted by Crippen LogP contribution is 2.26. The summed E-state index contributed by atoms with van der Waals surface area (Å²) in [5.41, 5.74) is 6.08. The van der Waals surface area contributed by atoms with Gasteiger partial charge < -0.3 is 5.73 Å². The quantitative estimate of drug-likeness (QED) is 0.866. The third-order valence-electron chi connectivity index (χ3n) is 2.07. The maximum Gasteiger partial charge on any atom is 0.252 e. The van der Waals surface area contributed by atoms with E-state index in [0.29, 0.717) is 15.2 Å². The van der Waals surface area contributed by atoms with Crippen LogP contribution in [0.3, 0.4) is 0 Å². The van der Waals surface area contributed by atoms with Crippen LogP contribution in [-0.2, 0) is 4.79 Å². The number of halogens is 2. The van der Waals surface area contributed by atoms with Gasteiger partial charge in [-0.3, -0.25) is 9.78 Å². The summed E-state index contributed by atoms with van der Waals surface area (Å²) in [4.78, 5) is 19.3. The van der Waals surface area contributed by atoms with E-state index in [9.17, 15) is 4.79 Å². The molecule has 2 aromatic rings. The van der Waals surface area contributed by atoms with E-state index in [4.69, 9.17) is 17.3 Å². The maximum atomic E-state index is 11.5. The van der Waals surface area contributed by atoms with Crippen molar-refractivity contribution in [1.29, 1.82) is 0 Å². The van der Waals surface area contributed by atoms with Gasteiger partial charge in [0.05, 0.1) is 10.6 Å². The van der Waals surface area contributed by atoms with Gasteiger partial charge >= 0.3 is 0 Å². The highest BCUT2D eigenvalue weighted by atomic mass is 79.9. The van der Waals surface area contributed by atoms with Crippen molar-refractivity contribution < 1.29 is 4.79 Å². The van der Waals surface area contributed by atoms with Crippen LogP contribution in [0.4, 0.5) is 0 Å². The molecule has 0 fully saturated rings. The Morgan fingerprint density at radius 1 is 1.39 bits per heavy atom. The lowest BCUT2D eigenvalue weighted by Gasteiger charge is -2.07. The first-order valence-corrected chi connectivity index (χ1v) is 5.92. The number of aromatic nitrogens is 4. The minimum Gasteiger partial charge on any atom is -0.365 e. The Hall–Kier alpha value is -1.73. The molecule has 0 aliphatic rings. The number of carbonyl (C=O) groups is 1. The van der Waals surface area contributed by atoms with Crippen molar-refractivity contribution in [2.75, 3.05) is 0 Å². The van der Waals surface area contributed by atoms with E-state index >= 15 is 0 Å². The Morgan fingerprint density at radius 2 is 2.17 bits per heavy atom. The van der Waals surface area contributed by atoms with Crippen molar-refractivity contribution in [3.05, 3.63) is 41.7 Å². The predicted molar refractivity (Wildman–Crippen MR) is 70.5 cm³/mol. The third-order valence-corrected chi connectivity index (χ3v) is 3.03. The van der Waals surface area contributed by atoms with Gasteiger partial charge in [0.25, 0.3) is 5.91 Å². The van der Waals surface area contributed by atoms with Crippen LogP contribution in [0.2, 0.25) is 5.02 Å². The average molecular weight is 329 g/mol. The summed E-state index contributed by atoms with van der Waals surface area (Å²) in [6.45, 7) is 0. The Kier molecular flexibility index (Phi) is 3.73. The molecule has 0 aromatic carbocycles. The van der Waals surface area contributed by atoms with Crippen LogP contribution in [0.5, 0.6) is 0 Å². The molecule has 2 aromatic heterocycles. The number of hydrogen-bond donors (Lipinski definition) is 1. The number of hydrogen-bond acceptors (Lipinski definition) is 4. The molecule has 8 heteroatoms. The molecule has 0 atom stereocenters. The topological polar surface area (TPSA) is 86.7 Å². The van der Waals surface area contributed by atoms with Crippen molar-refractivity contribution in [1.82, 2.24) is 19.7 Å². The molecule has 0 unspecified atom stereocenters. The van der Waals surface area contributed by atoms with Gasteiger partial charge in [0.1, 0.15) is 17.3 Å². The van der Waals surface area contributed by atoms with E-state index in [1.165, 1.54) is 29.7 Å². The molecule has 2 N–H and O–H groups in total. The van der Waals surface area contributed by atoms with E-state index < -0.39 is 5.91 Å². The molecule has 0 bridgehead atoms. The normalized spacial score (nSPS) is 12.1. The summed E-state index contributed by atoms with van der Waals surface area (Å²) in [6.07, 6.45) is 5.73. The molecule has 0 aliphatic carbocycles. The molecule has 2 rings (SSSR count). The van der Waals surface area contributed by atoms with Crippen molar-refractivity contribution >= 4 is 43.6 Å². The van der Waals surface area contributed by atoms with Gasteiger partial charge in [-0.1, -0.05) is 11.6 Å². The van der Waals surface area contributed by atoms with E-state index in [0.717, 1.165) is 0 Å². The standard InChI is InChI=1S/C10H7BrClN5O/c11-9(17-5-15-4-16-17)8(10(13)18)6-1-7(12)3-14-2-6/h1-5H,(H2,13,18)/b9-8-. The lowest BCUT2D eigenvalue weighted by Crippen LogP contribution is -2.15. The Labute approximate surface area is 116 Å². The Balaban J connectivity index is 2.60. The van der Waals surface area contributed by atoms with Crippen LogP contribution in [-0.4, -0.2) is 25.7 Å². The fourth-order valence-corrected chi connectivity index (χ4v) is 2.12. The second-order valence-electron chi connectivity index (χ2n) is 3.26. The van der Waals surface area contributed by atoms with Gasteiger partial charge in [0.15, 0.2) is 0 Å². The van der Waals surface area contributed by atoms with Crippen LogP contribution in [0.15, 0.2) is 31.1 Å². The smallest absolute Gasteiger partial charge is 0.252 e. The van der Waals surface area contributed by atoms with Crippen LogP contribution in [0, 0.1) is 0 Å². The molecule has 18 heavy (non-hydrogen) atoms. The summed E-state index contributed by atoms with van der Waals surface area (Å²) in [5, 5.41) is 4.31. The largest absolute Gasteiger partial charge is 0.365 e. The minimum absolute atomic E-state index is 0.218. The minimum atomic E-state index is -0.624.